The molecule has 0 radical (unpaired) electrons. The van der Waals surface area contributed by atoms with E-state index in [0.717, 1.165) is 5.01 Å². The summed E-state index contributed by atoms with van der Waals surface area (Å²) in [6, 6.07) is 1.66. The standard InChI is InChI=1S/C11H10N2O3S2/c1-6-12-8(5-18-6)10(14)13-7-3-4-17-9(7)11(15)16-2/h3-5H,1-2H3,(H,13,14). The van der Waals surface area contributed by atoms with Crippen LogP contribution in [-0.2, 0) is 4.74 Å². The normalized spacial score (nSPS) is 10.1. The summed E-state index contributed by atoms with van der Waals surface area (Å²) in [5.41, 5.74) is 0.794. The van der Waals surface area contributed by atoms with E-state index in [0.29, 0.717) is 16.3 Å². The molecule has 0 aliphatic heterocycles. The number of carbonyl (C=O) groups excluding carboxylic acids is 2. The molecule has 0 atom stereocenters. The third-order valence-corrected chi connectivity index (χ3v) is 3.80. The number of hydrogen-bond acceptors (Lipinski definition) is 6. The van der Waals surface area contributed by atoms with Crippen LogP contribution in [0.15, 0.2) is 16.8 Å². The Morgan fingerprint density at radius 3 is 2.78 bits per heavy atom. The number of esters is 1. The Bertz CT molecular complexity index is 589. The van der Waals surface area contributed by atoms with Crippen molar-refractivity contribution in [2.24, 2.45) is 0 Å². The third-order valence-electron chi connectivity index (χ3n) is 2.14. The van der Waals surface area contributed by atoms with Crippen molar-refractivity contribution in [2.45, 2.75) is 6.92 Å². The van der Waals surface area contributed by atoms with Crippen molar-refractivity contribution in [1.29, 1.82) is 0 Å². The molecule has 0 aliphatic rings. The monoisotopic (exact) mass is 282 g/mol. The molecular formula is C11H10N2O3S2. The molecular weight excluding hydrogens is 272 g/mol. The SMILES string of the molecule is COC(=O)c1sccc1NC(=O)c1csc(C)n1. The van der Waals surface area contributed by atoms with Crippen molar-refractivity contribution in [1.82, 2.24) is 4.98 Å². The number of ether oxygens (including phenoxy) is 1. The van der Waals surface area contributed by atoms with Gasteiger partial charge in [-0.05, 0) is 18.4 Å². The van der Waals surface area contributed by atoms with Gasteiger partial charge < -0.3 is 10.1 Å². The van der Waals surface area contributed by atoms with E-state index < -0.39 is 5.97 Å². The smallest absolute Gasteiger partial charge is 0.350 e. The molecule has 2 rings (SSSR count). The average Bonchev–Trinajstić information content (AvgIpc) is 2.97. The number of nitrogens with one attached hydrogen (secondary N) is 1. The molecule has 5 nitrogen and oxygen atoms in total. The Morgan fingerprint density at radius 2 is 2.17 bits per heavy atom. The molecule has 7 heteroatoms. The predicted octanol–water partition coefficient (Wildman–Crippen LogP) is 2.55. The zero-order chi connectivity index (χ0) is 13.1. The molecule has 1 N–H and O–H groups in total. The summed E-state index contributed by atoms with van der Waals surface area (Å²) in [5, 5.41) is 6.86. The molecule has 2 aromatic rings. The Hall–Kier alpha value is -1.73. The Balaban J connectivity index is 2.17. The number of thiophene rings is 1. The maximum absolute atomic E-state index is 11.9. The summed E-state index contributed by atoms with van der Waals surface area (Å²) in [6.45, 7) is 1.83. The molecule has 18 heavy (non-hydrogen) atoms. The molecule has 2 aromatic heterocycles. The van der Waals surface area contributed by atoms with Crippen LogP contribution in [0, 0.1) is 6.92 Å². The third kappa shape index (κ3) is 2.57. The van der Waals surface area contributed by atoms with Crippen LogP contribution in [-0.4, -0.2) is 24.0 Å². The van der Waals surface area contributed by atoms with Crippen molar-refractivity contribution in [2.75, 3.05) is 12.4 Å². The number of methoxy groups -OCH3 is 1. The van der Waals surface area contributed by atoms with Crippen molar-refractivity contribution in [3.63, 3.8) is 0 Å². The summed E-state index contributed by atoms with van der Waals surface area (Å²) in [7, 11) is 1.30. The largest absolute Gasteiger partial charge is 0.465 e. The van der Waals surface area contributed by atoms with Crippen LogP contribution in [0.25, 0.3) is 0 Å². The van der Waals surface area contributed by atoms with Crippen LogP contribution in [0.1, 0.15) is 25.2 Å². The van der Waals surface area contributed by atoms with Crippen LogP contribution < -0.4 is 5.32 Å². The molecule has 1 amide bonds. The number of thiazole rings is 1. The van der Waals surface area contributed by atoms with Gasteiger partial charge in [-0.15, -0.1) is 22.7 Å². The van der Waals surface area contributed by atoms with Crippen LogP contribution in [0.4, 0.5) is 5.69 Å². The first-order chi connectivity index (χ1) is 8.61. The van der Waals surface area contributed by atoms with Crippen molar-refractivity contribution in [3.8, 4) is 0 Å². The lowest BCUT2D eigenvalue weighted by molar-refractivity contribution is 0.0607. The lowest BCUT2D eigenvalue weighted by atomic mass is 10.3. The number of aryl methyl sites for hydroxylation is 1. The predicted molar refractivity (Wildman–Crippen MR) is 70.5 cm³/mol. The second-order valence-corrected chi connectivity index (χ2v) is 5.34. The van der Waals surface area contributed by atoms with Gasteiger partial charge in [0.15, 0.2) is 0 Å². The van der Waals surface area contributed by atoms with Gasteiger partial charge >= 0.3 is 5.97 Å². The zero-order valence-corrected chi connectivity index (χ0v) is 11.4. The second-order valence-electron chi connectivity index (χ2n) is 3.36. The van der Waals surface area contributed by atoms with Gasteiger partial charge in [0.2, 0.25) is 0 Å². The first kappa shape index (κ1) is 12.7. The van der Waals surface area contributed by atoms with Gasteiger partial charge in [-0.3, -0.25) is 4.79 Å². The highest BCUT2D eigenvalue weighted by Gasteiger charge is 2.17. The number of anilines is 1. The van der Waals surface area contributed by atoms with E-state index >= 15 is 0 Å². The molecule has 2 heterocycles. The van der Waals surface area contributed by atoms with Crippen LogP contribution in [0.5, 0.6) is 0 Å². The van der Waals surface area contributed by atoms with Crippen LogP contribution in [0.3, 0.4) is 0 Å². The van der Waals surface area contributed by atoms with Crippen molar-refractivity contribution in [3.05, 3.63) is 32.4 Å². The number of nitrogens with zero attached hydrogens (tertiary/aromatic N) is 1. The summed E-state index contributed by atoms with van der Waals surface area (Å²) >= 11 is 2.62. The Labute approximate surface area is 111 Å². The molecule has 0 saturated carbocycles. The van der Waals surface area contributed by atoms with Crippen molar-refractivity contribution >= 4 is 40.2 Å². The number of amides is 1. The van der Waals surface area contributed by atoms with E-state index in [1.807, 2.05) is 6.92 Å². The number of hydrogen-bond donors (Lipinski definition) is 1. The van der Waals surface area contributed by atoms with Gasteiger partial charge in [-0.1, -0.05) is 0 Å². The van der Waals surface area contributed by atoms with E-state index in [-0.39, 0.29) is 5.91 Å². The Kier molecular flexibility index (Phi) is 3.73. The van der Waals surface area contributed by atoms with E-state index in [9.17, 15) is 9.59 Å². The van der Waals surface area contributed by atoms with Gasteiger partial charge in [0.1, 0.15) is 10.6 Å². The summed E-state index contributed by atoms with van der Waals surface area (Å²) in [4.78, 5) is 27.8. The summed E-state index contributed by atoms with van der Waals surface area (Å²) < 4.78 is 4.63. The quantitative estimate of drug-likeness (QED) is 0.878. The first-order valence-electron chi connectivity index (χ1n) is 5.01. The maximum Gasteiger partial charge on any atom is 0.350 e. The molecule has 0 aliphatic carbocycles. The molecule has 0 spiro atoms. The first-order valence-corrected chi connectivity index (χ1v) is 6.77. The van der Waals surface area contributed by atoms with Crippen molar-refractivity contribution < 1.29 is 14.3 Å². The molecule has 94 valence electrons. The highest BCUT2D eigenvalue weighted by molar-refractivity contribution is 7.12. The minimum atomic E-state index is -0.463. The molecule has 0 unspecified atom stereocenters. The van der Waals surface area contributed by atoms with Gasteiger partial charge in [-0.2, -0.15) is 0 Å². The average molecular weight is 282 g/mol. The van der Waals surface area contributed by atoms with Gasteiger partial charge in [0, 0.05) is 5.38 Å². The lowest BCUT2D eigenvalue weighted by Crippen LogP contribution is -2.14. The summed E-state index contributed by atoms with van der Waals surface area (Å²) in [5.74, 6) is -0.794. The summed E-state index contributed by atoms with van der Waals surface area (Å²) in [6.07, 6.45) is 0. The molecule has 0 saturated heterocycles. The lowest BCUT2D eigenvalue weighted by Gasteiger charge is -2.03. The fourth-order valence-corrected chi connectivity index (χ4v) is 2.67. The molecule has 0 bridgehead atoms. The fraction of sp³-hybridized carbons (Fsp3) is 0.182. The van der Waals surface area contributed by atoms with Gasteiger partial charge in [0.25, 0.3) is 5.91 Å². The number of rotatable bonds is 3. The van der Waals surface area contributed by atoms with Crippen LogP contribution >= 0.6 is 22.7 Å². The Morgan fingerprint density at radius 1 is 1.39 bits per heavy atom. The fourth-order valence-electron chi connectivity index (χ4n) is 1.31. The minimum absolute atomic E-state index is 0.331. The van der Waals surface area contributed by atoms with Crippen LogP contribution in [0.2, 0.25) is 0 Å². The van der Waals surface area contributed by atoms with Gasteiger partial charge in [0.05, 0.1) is 17.8 Å². The minimum Gasteiger partial charge on any atom is -0.465 e. The topological polar surface area (TPSA) is 68.3 Å². The molecule has 0 fully saturated rings. The molecule has 0 aromatic carbocycles. The van der Waals surface area contributed by atoms with E-state index in [1.165, 1.54) is 29.8 Å². The van der Waals surface area contributed by atoms with E-state index in [1.54, 1.807) is 16.8 Å². The number of carbonyl (C=O) groups is 2. The highest BCUT2D eigenvalue weighted by atomic mass is 32.1. The van der Waals surface area contributed by atoms with E-state index in [4.69, 9.17) is 0 Å². The second kappa shape index (κ2) is 5.28. The zero-order valence-electron chi connectivity index (χ0n) is 9.72. The highest BCUT2D eigenvalue weighted by Crippen LogP contribution is 2.23. The number of aromatic nitrogens is 1. The van der Waals surface area contributed by atoms with Gasteiger partial charge in [-0.25, -0.2) is 9.78 Å². The maximum atomic E-state index is 11.9. The van der Waals surface area contributed by atoms with E-state index in [2.05, 4.69) is 15.0 Å².